The fraction of sp³-hybridized carbons (Fsp3) is 0.143. The van der Waals surface area contributed by atoms with Crippen LogP contribution >= 0.6 is 31.9 Å². The minimum absolute atomic E-state index is 0.0281. The summed E-state index contributed by atoms with van der Waals surface area (Å²) in [5.74, 6) is -0.917. The second kappa shape index (κ2) is 3.79. The van der Waals surface area contributed by atoms with Gasteiger partial charge in [-0.05, 0) is 44.0 Å². The third-order valence-corrected chi connectivity index (χ3v) is 3.27. The van der Waals surface area contributed by atoms with Crippen LogP contribution in [-0.4, -0.2) is 0 Å². The Balaban J connectivity index is 3.27. The smallest absolute Gasteiger partial charge is 0.205 e. The van der Waals surface area contributed by atoms with E-state index in [1.807, 2.05) is 0 Å². The van der Waals surface area contributed by atoms with E-state index in [1.165, 1.54) is 6.07 Å². The van der Waals surface area contributed by atoms with Gasteiger partial charge in [-0.15, -0.1) is 0 Å². The van der Waals surface area contributed by atoms with Gasteiger partial charge in [0.25, 0.3) is 6.43 Å². The van der Waals surface area contributed by atoms with Crippen LogP contribution in [0.5, 0.6) is 0 Å². The van der Waals surface area contributed by atoms with E-state index in [2.05, 4.69) is 31.9 Å². The Hall–Kier alpha value is -0.0300. The number of rotatable bonds is 1. The van der Waals surface area contributed by atoms with Gasteiger partial charge in [-0.3, -0.25) is 0 Å². The summed E-state index contributed by atoms with van der Waals surface area (Å²) in [5, 5.41) is 0. The molecule has 0 aliphatic carbocycles. The van der Waals surface area contributed by atoms with Gasteiger partial charge in [-0.2, -0.15) is 0 Å². The van der Waals surface area contributed by atoms with Gasteiger partial charge in [0.15, 0.2) is 0 Å². The average molecular weight is 304 g/mol. The Morgan fingerprint density at radius 3 is 2.25 bits per heavy atom. The highest BCUT2D eigenvalue weighted by Crippen LogP contribution is 2.32. The van der Waals surface area contributed by atoms with Crippen LogP contribution in [0.15, 0.2) is 21.1 Å². The van der Waals surface area contributed by atoms with E-state index in [1.54, 1.807) is 0 Å². The van der Waals surface area contributed by atoms with Crippen molar-refractivity contribution < 1.29 is 13.2 Å². The van der Waals surface area contributed by atoms with Gasteiger partial charge in [0.1, 0.15) is 5.82 Å². The molecule has 0 heterocycles. The number of hydrogen-bond donors (Lipinski definition) is 0. The molecule has 1 aromatic carbocycles. The quantitative estimate of drug-likeness (QED) is 0.679. The molecule has 12 heavy (non-hydrogen) atoms. The van der Waals surface area contributed by atoms with Gasteiger partial charge >= 0.3 is 0 Å². The molecule has 0 saturated heterocycles. The lowest BCUT2D eigenvalue weighted by atomic mass is 10.2. The predicted molar refractivity (Wildman–Crippen MR) is 46.8 cm³/mol. The van der Waals surface area contributed by atoms with E-state index >= 15 is 0 Å². The Morgan fingerprint density at radius 1 is 1.17 bits per heavy atom. The molecule has 0 nitrogen and oxygen atoms in total. The third kappa shape index (κ3) is 1.82. The van der Waals surface area contributed by atoms with E-state index in [4.69, 9.17) is 0 Å². The lowest BCUT2D eigenvalue weighted by molar-refractivity contribution is 0.146. The largest absolute Gasteiger partial charge is 0.266 e. The first kappa shape index (κ1) is 10.1. The Kier molecular flexibility index (Phi) is 3.17. The molecule has 0 amide bonds. The van der Waals surface area contributed by atoms with Crippen LogP contribution in [0.25, 0.3) is 0 Å². The summed E-state index contributed by atoms with van der Waals surface area (Å²) < 4.78 is 37.5. The van der Waals surface area contributed by atoms with E-state index in [-0.39, 0.29) is 4.47 Å². The summed E-state index contributed by atoms with van der Waals surface area (Å²) in [6.07, 6.45) is -2.78. The first-order valence-electron chi connectivity index (χ1n) is 2.95. The molecule has 0 aromatic heterocycles. The van der Waals surface area contributed by atoms with Crippen molar-refractivity contribution >= 4 is 31.9 Å². The maximum Gasteiger partial charge on any atom is 0.266 e. The van der Waals surface area contributed by atoms with Crippen LogP contribution in [0.4, 0.5) is 13.2 Å². The molecule has 66 valence electrons. The van der Waals surface area contributed by atoms with E-state index in [0.717, 1.165) is 6.07 Å². The summed E-state index contributed by atoms with van der Waals surface area (Å²) in [6.45, 7) is 0. The van der Waals surface area contributed by atoms with Crippen LogP contribution in [0.1, 0.15) is 12.0 Å². The van der Waals surface area contributed by atoms with Crippen molar-refractivity contribution in [2.24, 2.45) is 0 Å². The molecule has 1 aromatic rings. The fourth-order valence-electron chi connectivity index (χ4n) is 0.709. The van der Waals surface area contributed by atoms with Crippen LogP contribution in [0, 0.1) is 5.82 Å². The van der Waals surface area contributed by atoms with Gasteiger partial charge in [0.05, 0.1) is 10.0 Å². The standard InChI is InChI=1S/C7H3Br2F3/c8-4-2-1-3(7(11)12)6(10)5(4)9/h1-2,7H. The first-order valence-corrected chi connectivity index (χ1v) is 4.54. The predicted octanol–water partition coefficient (Wildman–Crippen LogP) is 4.29. The number of alkyl halides is 2. The van der Waals surface area contributed by atoms with Crippen molar-refractivity contribution in [3.05, 3.63) is 32.5 Å². The zero-order valence-corrected chi connectivity index (χ0v) is 8.79. The number of halogens is 5. The molecule has 0 aliphatic heterocycles. The Bertz CT molecular complexity index is 299. The highest BCUT2D eigenvalue weighted by atomic mass is 79.9. The third-order valence-electron chi connectivity index (χ3n) is 1.30. The second-order valence-corrected chi connectivity index (χ2v) is 3.71. The maximum atomic E-state index is 13.0. The van der Waals surface area contributed by atoms with Crippen LogP contribution < -0.4 is 0 Å². The monoisotopic (exact) mass is 302 g/mol. The minimum atomic E-state index is -2.78. The van der Waals surface area contributed by atoms with Crippen molar-refractivity contribution in [2.75, 3.05) is 0 Å². The SMILES string of the molecule is Fc1c(C(F)F)ccc(Br)c1Br. The number of benzene rings is 1. The van der Waals surface area contributed by atoms with Crippen LogP contribution in [0.3, 0.4) is 0 Å². The van der Waals surface area contributed by atoms with Crippen molar-refractivity contribution in [2.45, 2.75) is 6.43 Å². The summed E-state index contributed by atoms with van der Waals surface area (Å²) in [7, 11) is 0. The molecule has 0 N–H and O–H groups in total. The summed E-state index contributed by atoms with van der Waals surface area (Å²) in [4.78, 5) is 0. The zero-order chi connectivity index (χ0) is 9.30. The van der Waals surface area contributed by atoms with Crippen molar-refractivity contribution in [3.8, 4) is 0 Å². The summed E-state index contributed by atoms with van der Waals surface area (Å²) >= 11 is 5.84. The molecule has 0 unspecified atom stereocenters. The second-order valence-electron chi connectivity index (χ2n) is 2.07. The minimum Gasteiger partial charge on any atom is -0.205 e. The van der Waals surface area contributed by atoms with Gasteiger partial charge in [-0.25, -0.2) is 13.2 Å². The van der Waals surface area contributed by atoms with E-state index in [9.17, 15) is 13.2 Å². The molecule has 0 atom stereocenters. The molecule has 0 aliphatic rings. The first-order chi connectivity index (χ1) is 5.54. The molecule has 0 saturated carbocycles. The molecular formula is C7H3Br2F3. The molecule has 0 radical (unpaired) electrons. The van der Waals surface area contributed by atoms with Gasteiger partial charge in [0.2, 0.25) is 0 Å². The lowest BCUT2D eigenvalue weighted by Gasteiger charge is -2.04. The molecule has 5 heteroatoms. The molecular weight excluding hydrogens is 301 g/mol. The van der Waals surface area contributed by atoms with E-state index < -0.39 is 17.8 Å². The van der Waals surface area contributed by atoms with Crippen molar-refractivity contribution in [3.63, 3.8) is 0 Å². The number of hydrogen-bond acceptors (Lipinski definition) is 0. The molecule has 1 rings (SSSR count). The highest BCUT2D eigenvalue weighted by Gasteiger charge is 2.16. The van der Waals surface area contributed by atoms with E-state index in [0.29, 0.717) is 4.47 Å². The topological polar surface area (TPSA) is 0 Å². The molecule has 0 bridgehead atoms. The summed E-state index contributed by atoms with van der Waals surface area (Å²) in [6, 6.07) is 2.42. The van der Waals surface area contributed by atoms with Crippen LogP contribution in [-0.2, 0) is 0 Å². The van der Waals surface area contributed by atoms with Gasteiger partial charge in [0, 0.05) is 4.47 Å². The maximum absolute atomic E-state index is 13.0. The van der Waals surface area contributed by atoms with Gasteiger partial charge < -0.3 is 0 Å². The Morgan fingerprint density at radius 2 is 1.75 bits per heavy atom. The fourth-order valence-corrected chi connectivity index (χ4v) is 1.38. The van der Waals surface area contributed by atoms with Gasteiger partial charge in [-0.1, -0.05) is 0 Å². The zero-order valence-electron chi connectivity index (χ0n) is 5.62. The van der Waals surface area contributed by atoms with Crippen LogP contribution in [0.2, 0.25) is 0 Å². The van der Waals surface area contributed by atoms with Crippen molar-refractivity contribution in [1.29, 1.82) is 0 Å². The normalized spacial score (nSPS) is 10.8. The highest BCUT2D eigenvalue weighted by molar-refractivity contribution is 9.13. The summed E-state index contributed by atoms with van der Waals surface area (Å²) in [5.41, 5.74) is -0.593. The lowest BCUT2D eigenvalue weighted by Crippen LogP contribution is -1.91. The molecule has 0 fully saturated rings. The van der Waals surface area contributed by atoms with Crippen molar-refractivity contribution in [1.82, 2.24) is 0 Å². The average Bonchev–Trinajstić information content (AvgIpc) is 2.00. The Labute approximate surface area is 84.0 Å². The molecule has 0 spiro atoms.